The molecule has 2 N–H and O–H groups in total. The lowest BCUT2D eigenvalue weighted by molar-refractivity contribution is 0.390. The Hall–Kier alpha value is -1.29. The van der Waals surface area contributed by atoms with Crippen molar-refractivity contribution in [3.63, 3.8) is 0 Å². The summed E-state index contributed by atoms with van der Waals surface area (Å²) >= 11 is 1.64. The second kappa shape index (κ2) is 3.22. The maximum absolute atomic E-state index is 5.71. The third-order valence-electron chi connectivity index (χ3n) is 1.88. The minimum atomic E-state index is 0.485. The molecule has 0 saturated heterocycles. The Balaban J connectivity index is 2.55. The van der Waals surface area contributed by atoms with Crippen LogP contribution in [0.15, 0.2) is 22.0 Å². The Bertz CT molecular complexity index is 392. The van der Waals surface area contributed by atoms with Gasteiger partial charge in [0.05, 0.1) is 5.56 Å². The summed E-state index contributed by atoms with van der Waals surface area (Å²) in [7, 11) is 0. The minimum Gasteiger partial charge on any atom is -0.380 e. The van der Waals surface area contributed by atoms with Crippen molar-refractivity contribution in [2.24, 2.45) is 0 Å². The van der Waals surface area contributed by atoms with E-state index >= 15 is 0 Å². The smallest absolute Gasteiger partial charge is 0.175 e. The molecule has 0 amide bonds. The van der Waals surface area contributed by atoms with Crippen LogP contribution in [0.2, 0.25) is 0 Å². The van der Waals surface area contributed by atoms with Gasteiger partial charge in [0.15, 0.2) is 5.82 Å². The topological polar surface area (TPSA) is 52.0 Å². The Kier molecular flexibility index (Phi) is 2.06. The molecule has 68 valence electrons. The van der Waals surface area contributed by atoms with Crippen LogP contribution in [0.1, 0.15) is 12.7 Å². The number of thiophene rings is 1. The predicted molar refractivity (Wildman–Crippen MR) is 53.6 cm³/mol. The van der Waals surface area contributed by atoms with Crippen molar-refractivity contribution in [3.8, 4) is 10.4 Å². The van der Waals surface area contributed by atoms with Crippen molar-refractivity contribution in [2.45, 2.75) is 13.3 Å². The Labute approximate surface area is 80.2 Å². The highest BCUT2D eigenvalue weighted by Gasteiger charge is 2.14. The van der Waals surface area contributed by atoms with Gasteiger partial charge >= 0.3 is 0 Å². The Morgan fingerprint density at radius 2 is 2.46 bits per heavy atom. The average molecular weight is 194 g/mol. The zero-order valence-electron chi connectivity index (χ0n) is 7.28. The molecule has 13 heavy (non-hydrogen) atoms. The molecule has 0 aliphatic carbocycles. The van der Waals surface area contributed by atoms with Crippen molar-refractivity contribution in [2.75, 3.05) is 5.73 Å². The van der Waals surface area contributed by atoms with Crippen LogP contribution >= 0.6 is 11.3 Å². The fourth-order valence-corrected chi connectivity index (χ4v) is 2.06. The largest absolute Gasteiger partial charge is 0.380 e. The molecule has 2 aromatic rings. The van der Waals surface area contributed by atoms with Crippen LogP contribution in [-0.2, 0) is 6.42 Å². The van der Waals surface area contributed by atoms with Gasteiger partial charge in [0, 0.05) is 11.3 Å². The fraction of sp³-hybridized carbons (Fsp3) is 0.222. The van der Waals surface area contributed by atoms with Gasteiger partial charge in [0.1, 0.15) is 5.76 Å². The highest BCUT2D eigenvalue weighted by molar-refractivity contribution is 7.13. The fourth-order valence-electron chi connectivity index (χ4n) is 1.26. The van der Waals surface area contributed by atoms with Gasteiger partial charge in [-0.25, -0.2) is 0 Å². The second-order valence-electron chi connectivity index (χ2n) is 2.70. The second-order valence-corrected chi connectivity index (χ2v) is 3.64. The van der Waals surface area contributed by atoms with E-state index in [2.05, 4.69) is 5.16 Å². The summed E-state index contributed by atoms with van der Waals surface area (Å²) in [5.41, 5.74) is 6.67. The number of aromatic nitrogens is 1. The summed E-state index contributed by atoms with van der Waals surface area (Å²) in [6.07, 6.45) is 0.817. The minimum absolute atomic E-state index is 0.485. The highest BCUT2D eigenvalue weighted by atomic mass is 32.1. The summed E-state index contributed by atoms with van der Waals surface area (Å²) in [4.78, 5) is 1.12. The summed E-state index contributed by atoms with van der Waals surface area (Å²) < 4.78 is 5.10. The van der Waals surface area contributed by atoms with Crippen LogP contribution in [-0.4, -0.2) is 5.16 Å². The molecule has 0 radical (unpaired) electrons. The summed E-state index contributed by atoms with van der Waals surface area (Å²) in [6.45, 7) is 2.02. The first-order valence-electron chi connectivity index (χ1n) is 4.10. The van der Waals surface area contributed by atoms with Gasteiger partial charge in [0.25, 0.3) is 0 Å². The molecule has 2 heterocycles. The van der Waals surface area contributed by atoms with Crippen LogP contribution < -0.4 is 5.73 Å². The predicted octanol–water partition coefficient (Wildman–Crippen LogP) is 2.55. The molecule has 3 nitrogen and oxygen atoms in total. The first-order valence-corrected chi connectivity index (χ1v) is 4.98. The van der Waals surface area contributed by atoms with Crippen molar-refractivity contribution >= 4 is 17.2 Å². The van der Waals surface area contributed by atoms with Gasteiger partial charge in [-0.15, -0.1) is 11.3 Å². The number of hydrogen-bond acceptors (Lipinski definition) is 4. The lowest BCUT2D eigenvalue weighted by atomic mass is 10.2. The van der Waals surface area contributed by atoms with Crippen LogP contribution in [0.25, 0.3) is 10.4 Å². The number of nitrogen functional groups attached to an aromatic ring is 1. The summed E-state index contributed by atoms with van der Waals surface area (Å²) in [6, 6.07) is 4.01. The molecule has 2 rings (SSSR count). The monoisotopic (exact) mass is 194 g/mol. The molecule has 0 atom stereocenters. The lowest BCUT2D eigenvalue weighted by Crippen LogP contribution is -1.87. The number of rotatable bonds is 2. The van der Waals surface area contributed by atoms with Gasteiger partial charge in [0.2, 0.25) is 0 Å². The first-order chi connectivity index (χ1) is 6.33. The molecule has 0 aliphatic heterocycles. The lowest BCUT2D eigenvalue weighted by Gasteiger charge is -1.94. The van der Waals surface area contributed by atoms with Crippen molar-refractivity contribution in [3.05, 3.63) is 23.3 Å². The molecular weight excluding hydrogens is 184 g/mol. The average Bonchev–Trinajstić information content (AvgIpc) is 2.72. The van der Waals surface area contributed by atoms with Gasteiger partial charge in [-0.05, 0) is 11.4 Å². The maximum Gasteiger partial charge on any atom is 0.175 e. The number of nitrogens with two attached hydrogens (primary N) is 1. The van der Waals surface area contributed by atoms with Gasteiger partial charge in [-0.2, -0.15) is 0 Å². The van der Waals surface area contributed by atoms with E-state index in [4.69, 9.17) is 10.3 Å². The number of anilines is 1. The normalized spacial score (nSPS) is 10.5. The van der Waals surface area contributed by atoms with Crippen LogP contribution in [0.3, 0.4) is 0 Å². The van der Waals surface area contributed by atoms with E-state index in [1.807, 2.05) is 24.4 Å². The molecular formula is C9H10N2OS. The standard InChI is InChI=1S/C9H10N2OS/c1-2-6-8(9(10)11-12-6)7-4-3-5-13-7/h3-5H,2H2,1H3,(H2,10,11). The molecule has 0 unspecified atom stereocenters. The van der Waals surface area contributed by atoms with E-state index in [0.717, 1.165) is 22.6 Å². The van der Waals surface area contributed by atoms with E-state index in [-0.39, 0.29) is 0 Å². The zero-order chi connectivity index (χ0) is 9.26. The van der Waals surface area contributed by atoms with Crippen molar-refractivity contribution in [1.29, 1.82) is 0 Å². The van der Waals surface area contributed by atoms with E-state index in [1.165, 1.54) is 0 Å². The van der Waals surface area contributed by atoms with E-state index in [1.54, 1.807) is 11.3 Å². The van der Waals surface area contributed by atoms with E-state index in [0.29, 0.717) is 5.82 Å². The van der Waals surface area contributed by atoms with Crippen LogP contribution in [0, 0.1) is 0 Å². The van der Waals surface area contributed by atoms with Gasteiger partial charge in [-0.1, -0.05) is 18.1 Å². The summed E-state index contributed by atoms with van der Waals surface area (Å²) in [5, 5.41) is 5.77. The molecule has 0 fully saturated rings. The molecule has 0 aliphatic rings. The SMILES string of the molecule is CCc1onc(N)c1-c1cccs1. The number of aryl methyl sites for hydroxylation is 1. The van der Waals surface area contributed by atoms with Gasteiger partial charge < -0.3 is 10.3 Å². The maximum atomic E-state index is 5.71. The third-order valence-corrected chi connectivity index (χ3v) is 2.77. The molecule has 0 bridgehead atoms. The summed E-state index contributed by atoms with van der Waals surface area (Å²) in [5.74, 6) is 1.35. The number of nitrogens with zero attached hydrogens (tertiary/aromatic N) is 1. The highest BCUT2D eigenvalue weighted by Crippen LogP contribution is 2.32. The molecule has 4 heteroatoms. The number of hydrogen-bond donors (Lipinski definition) is 1. The van der Waals surface area contributed by atoms with Crippen molar-refractivity contribution < 1.29 is 4.52 Å². The van der Waals surface area contributed by atoms with E-state index in [9.17, 15) is 0 Å². The van der Waals surface area contributed by atoms with Crippen LogP contribution in [0.5, 0.6) is 0 Å². The van der Waals surface area contributed by atoms with Crippen molar-refractivity contribution in [1.82, 2.24) is 5.16 Å². The van der Waals surface area contributed by atoms with E-state index < -0.39 is 0 Å². The quantitative estimate of drug-likeness (QED) is 0.799. The zero-order valence-corrected chi connectivity index (χ0v) is 8.10. The Morgan fingerprint density at radius 3 is 3.08 bits per heavy atom. The molecule has 0 saturated carbocycles. The molecule has 0 spiro atoms. The third kappa shape index (κ3) is 1.33. The van der Waals surface area contributed by atoms with Gasteiger partial charge in [-0.3, -0.25) is 0 Å². The van der Waals surface area contributed by atoms with Crippen LogP contribution in [0.4, 0.5) is 5.82 Å². The molecule has 0 aromatic carbocycles. The Morgan fingerprint density at radius 1 is 1.62 bits per heavy atom. The first kappa shape index (κ1) is 8.31. The molecule has 2 aromatic heterocycles.